The summed E-state index contributed by atoms with van der Waals surface area (Å²) < 4.78 is 0. The molecule has 2 atom stereocenters. The second kappa shape index (κ2) is 3.93. The molecule has 0 fully saturated rings. The van der Waals surface area contributed by atoms with E-state index in [1.807, 2.05) is 12.1 Å². The van der Waals surface area contributed by atoms with Crippen LogP contribution in [0, 0.1) is 0 Å². The topological polar surface area (TPSA) is 32.3 Å². The summed E-state index contributed by atoms with van der Waals surface area (Å²) >= 11 is 0. The molecule has 1 aromatic rings. The third-order valence-electron chi connectivity index (χ3n) is 3.20. The Bertz CT molecular complexity index is 364. The van der Waals surface area contributed by atoms with Crippen molar-refractivity contribution in [3.8, 4) is 0 Å². The average molecular weight is 204 g/mol. The van der Waals surface area contributed by atoms with E-state index in [0.717, 1.165) is 12.8 Å². The van der Waals surface area contributed by atoms with E-state index in [1.165, 1.54) is 11.3 Å². The number of amides is 1. The maximum Gasteiger partial charge on any atom is 0.207 e. The summed E-state index contributed by atoms with van der Waals surface area (Å²) in [5.41, 5.74) is 2.43. The smallest absolute Gasteiger partial charge is 0.207 e. The first kappa shape index (κ1) is 10.0. The van der Waals surface area contributed by atoms with Crippen molar-refractivity contribution in [2.45, 2.75) is 25.4 Å². The molecule has 2 unspecified atom stereocenters. The Balaban J connectivity index is 2.40. The molecule has 0 aliphatic carbocycles. The van der Waals surface area contributed by atoms with Crippen LogP contribution in [0.15, 0.2) is 24.3 Å². The minimum Gasteiger partial charge on any atom is -0.372 e. The normalized spacial score (nSPS) is 24.5. The van der Waals surface area contributed by atoms with Gasteiger partial charge in [-0.2, -0.15) is 0 Å². The summed E-state index contributed by atoms with van der Waals surface area (Å²) in [6.45, 7) is 2.18. The van der Waals surface area contributed by atoms with Gasteiger partial charge >= 0.3 is 0 Å². The Kier molecular flexibility index (Phi) is 2.62. The molecule has 1 N–H and O–H groups in total. The van der Waals surface area contributed by atoms with Crippen molar-refractivity contribution in [2.24, 2.45) is 0 Å². The molecule has 0 bridgehead atoms. The lowest BCUT2D eigenvalue weighted by Crippen LogP contribution is -2.39. The highest BCUT2D eigenvalue weighted by Crippen LogP contribution is 2.35. The number of nitrogens with zero attached hydrogens (tertiary/aromatic N) is 1. The lowest BCUT2D eigenvalue weighted by atomic mass is 9.92. The zero-order valence-electron chi connectivity index (χ0n) is 9.10. The van der Waals surface area contributed by atoms with Gasteiger partial charge in [0.2, 0.25) is 6.41 Å². The van der Waals surface area contributed by atoms with Gasteiger partial charge in [-0.3, -0.25) is 4.79 Å². The number of carbonyl (C=O) groups is 1. The van der Waals surface area contributed by atoms with Crippen molar-refractivity contribution >= 4 is 12.1 Å². The Labute approximate surface area is 90.1 Å². The third kappa shape index (κ3) is 1.69. The van der Waals surface area contributed by atoms with Crippen LogP contribution in [0.4, 0.5) is 5.69 Å². The van der Waals surface area contributed by atoms with Crippen molar-refractivity contribution in [3.63, 3.8) is 0 Å². The van der Waals surface area contributed by atoms with Gasteiger partial charge in [0.1, 0.15) is 0 Å². The molecule has 0 saturated heterocycles. The van der Waals surface area contributed by atoms with E-state index < -0.39 is 0 Å². The highest BCUT2D eigenvalue weighted by Gasteiger charge is 2.26. The Morgan fingerprint density at radius 3 is 2.93 bits per heavy atom. The number of nitrogens with one attached hydrogen (secondary N) is 1. The predicted octanol–water partition coefficient (Wildman–Crippen LogP) is 1.70. The molecule has 80 valence electrons. The van der Waals surface area contributed by atoms with Crippen LogP contribution in [0.25, 0.3) is 0 Å². The molecular weight excluding hydrogens is 188 g/mol. The van der Waals surface area contributed by atoms with Gasteiger partial charge in [0.15, 0.2) is 0 Å². The Morgan fingerprint density at radius 2 is 2.20 bits per heavy atom. The minimum atomic E-state index is 0.157. The first-order valence-corrected chi connectivity index (χ1v) is 5.25. The number of fused-ring (bicyclic) bond motifs is 1. The van der Waals surface area contributed by atoms with Gasteiger partial charge in [0.05, 0.1) is 6.04 Å². The number of hydrogen-bond acceptors (Lipinski definition) is 2. The molecule has 1 heterocycles. The summed E-state index contributed by atoms with van der Waals surface area (Å²) in [5.74, 6) is 0. The van der Waals surface area contributed by atoms with Crippen molar-refractivity contribution in [2.75, 3.05) is 11.9 Å². The third-order valence-corrected chi connectivity index (χ3v) is 3.20. The number of rotatable bonds is 2. The molecule has 2 rings (SSSR count). The Morgan fingerprint density at radius 1 is 1.47 bits per heavy atom. The van der Waals surface area contributed by atoms with E-state index >= 15 is 0 Å². The molecule has 1 amide bonds. The number of para-hydroxylation sites is 1. The quantitative estimate of drug-likeness (QED) is 0.744. The molecule has 15 heavy (non-hydrogen) atoms. The van der Waals surface area contributed by atoms with Crippen LogP contribution >= 0.6 is 0 Å². The molecule has 1 aliphatic heterocycles. The fourth-order valence-electron chi connectivity index (χ4n) is 2.21. The van der Waals surface area contributed by atoms with Crippen molar-refractivity contribution < 1.29 is 4.79 Å². The predicted molar refractivity (Wildman–Crippen MR) is 60.9 cm³/mol. The van der Waals surface area contributed by atoms with Gasteiger partial charge in [0.25, 0.3) is 0 Å². The van der Waals surface area contributed by atoms with Gasteiger partial charge in [-0.1, -0.05) is 18.2 Å². The molecule has 0 spiro atoms. The molecule has 0 aromatic heterocycles. The highest BCUT2D eigenvalue weighted by molar-refractivity contribution is 5.59. The molecule has 3 heteroatoms. The minimum absolute atomic E-state index is 0.157. The fraction of sp³-hybridized carbons (Fsp3) is 0.417. The number of hydrogen-bond donors (Lipinski definition) is 1. The van der Waals surface area contributed by atoms with Gasteiger partial charge < -0.3 is 10.2 Å². The van der Waals surface area contributed by atoms with Crippen LogP contribution in [0.1, 0.15) is 24.9 Å². The largest absolute Gasteiger partial charge is 0.372 e. The zero-order valence-corrected chi connectivity index (χ0v) is 9.10. The second-order valence-corrected chi connectivity index (χ2v) is 4.09. The summed E-state index contributed by atoms with van der Waals surface area (Å²) in [7, 11) is 2.10. The van der Waals surface area contributed by atoms with E-state index in [1.54, 1.807) is 0 Å². The van der Waals surface area contributed by atoms with E-state index in [-0.39, 0.29) is 6.04 Å². The maximum absolute atomic E-state index is 10.5. The second-order valence-electron chi connectivity index (χ2n) is 4.09. The van der Waals surface area contributed by atoms with Crippen LogP contribution in [0.5, 0.6) is 0 Å². The standard InChI is InChI=1S/C12H16N2O/c1-9-7-11(13-8-15)10-5-3-4-6-12(10)14(9)2/h3-6,8-9,11H,7H2,1-2H3,(H,13,15). The SMILES string of the molecule is CC1CC(NC=O)c2ccccc2N1C. The fourth-order valence-corrected chi connectivity index (χ4v) is 2.21. The zero-order chi connectivity index (χ0) is 10.8. The molecule has 1 aliphatic rings. The number of carbonyl (C=O) groups excluding carboxylic acids is 1. The first-order valence-electron chi connectivity index (χ1n) is 5.25. The monoisotopic (exact) mass is 204 g/mol. The van der Waals surface area contributed by atoms with Gasteiger partial charge in [-0.15, -0.1) is 0 Å². The molecule has 0 saturated carbocycles. The molecular formula is C12H16N2O. The lowest BCUT2D eigenvalue weighted by Gasteiger charge is -2.38. The Hall–Kier alpha value is -1.51. The van der Waals surface area contributed by atoms with Crippen molar-refractivity contribution in [1.29, 1.82) is 0 Å². The van der Waals surface area contributed by atoms with E-state index in [0.29, 0.717) is 6.04 Å². The summed E-state index contributed by atoms with van der Waals surface area (Å²) in [5, 5.41) is 2.88. The van der Waals surface area contributed by atoms with Gasteiger partial charge in [-0.25, -0.2) is 0 Å². The van der Waals surface area contributed by atoms with Crippen LogP contribution in [-0.4, -0.2) is 19.5 Å². The van der Waals surface area contributed by atoms with Crippen molar-refractivity contribution in [1.82, 2.24) is 5.32 Å². The van der Waals surface area contributed by atoms with Crippen LogP contribution in [-0.2, 0) is 4.79 Å². The summed E-state index contributed by atoms with van der Waals surface area (Å²) in [4.78, 5) is 12.8. The van der Waals surface area contributed by atoms with E-state index in [9.17, 15) is 4.79 Å². The highest BCUT2D eigenvalue weighted by atomic mass is 16.1. The van der Waals surface area contributed by atoms with Crippen LogP contribution in [0.3, 0.4) is 0 Å². The number of benzene rings is 1. The molecule has 1 aromatic carbocycles. The molecule has 3 nitrogen and oxygen atoms in total. The van der Waals surface area contributed by atoms with Gasteiger partial charge in [-0.05, 0) is 25.0 Å². The molecule has 0 radical (unpaired) electrons. The maximum atomic E-state index is 10.5. The first-order chi connectivity index (χ1) is 7.24. The summed E-state index contributed by atoms with van der Waals surface area (Å²) in [6, 6.07) is 8.85. The van der Waals surface area contributed by atoms with E-state index in [4.69, 9.17) is 0 Å². The summed E-state index contributed by atoms with van der Waals surface area (Å²) in [6.07, 6.45) is 1.76. The van der Waals surface area contributed by atoms with Gasteiger partial charge in [0, 0.05) is 18.8 Å². The van der Waals surface area contributed by atoms with Crippen LogP contribution < -0.4 is 10.2 Å². The lowest BCUT2D eigenvalue weighted by molar-refractivity contribution is -0.110. The van der Waals surface area contributed by atoms with Crippen molar-refractivity contribution in [3.05, 3.63) is 29.8 Å². The average Bonchev–Trinajstić information content (AvgIpc) is 2.26. The number of anilines is 1. The van der Waals surface area contributed by atoms with E-state index in [2.05, 4.69) is 36.3 Å². The van der Waals surface area contributed by atoms with Crippen LogP contribution in [0.2, 0.25) is 0 Å².